The summed E-state index contributed by atoms with van der Waals surface area (Å²) in [6.07, 6.45) is 2.61. The topological polar surface area (TPSA) is 58.4 Å². The molecule has 1 saturated heterocycles. The highest BCUT2D eigenvalue weighted by molar-refractivity contribution is 6.30. The molecule has 0 saturated carbocycles. The molecule has 0 radical (unpaired) electrons. The molecule has 0 amide bonds. The highest BCUT2D eigenvalue weighted by Crippen LogP contribution is 2.37. The molecule has 0 spiro atoms. The van der Waals surface area contributed by atoms with Gasteiger partial charge in [0, 0.05) is 19.0 Å². The summed E-state index contributed by atoms with van der Waals surface area (Å²) in [5.41, 5.74) is 0.713. The molecular formula is C13H18ClN3O2. The minimum Gasteiger partial charge on any atom is -0.481 e. The summed E-state index contributed by atoms with van der Waals surface area (Å²) in [6, 6.07) is 0. The predicted octanol–water partition coefficient (Wildman–Crippen LogP) is 1.92. The molecule has 104 valence electrons. The summed E-state index contributed by atoms with van der Waals surface area (Å²) >= 11 is 6.21. The van der Waals surface area contributed by atoms with Gasteiger partial charge in [-0.2, -0.15) is 0 Å². The van der Waals surface area contributed by atoms with Crippen LogP contribution in [0.5, 0.6) is 0 Å². The summed E-state index contributed by atoms with van der Waals surface area (Å²) in [7, 11) is 2.10. The number of hydrogen-bond donors (Lipinski definition) is 1. The van der Waals surface area contributed by atoms with Gasteiger partial charge in [0.2, 0.25) is 0 Å². The molecule has 2 unspecified atom stereocenters. The van der Waals surface area contributed by atoms with E-state index in [2.05, 4.69) is 21.5 Å². The van der Waals surface area contributed by atoms with Gasteiger partial charge in [0.05, 0.1) is 5.69 Å². The van der Waals surface area contributed by atoms with Crippen molar-refractivity contribution in [3.8, 4) is 0 Å². The fourth-order valence-electron chi connectivity index (χ4n) is 3.31. The number of likely N-dealkylation sites (N-methyl/N-ethyl adjacent to an activating group) is 1. The van der Waals surface area contributed by atoms with E-state index >= 15 is 0 Å². The lowest BCUT2D eigenvalue weighted by molar-refractivity contribution is -0.139. The van der Waals surface area contributed by atoms with Gasteiger partial charge in [-0.1, -0.05) is 11.6 Å². The van der Waals surface area contributed by atoms with E-state index in [4.69, 9.17) is 11.6 Å². The molecule has 5 nitrogen and oxygen atoms in total. The average Bonchev–Trinajstić information content (AvgIpc) is 2.94. The Labute approximate surface area is 117 Å². The van der Waals surface area contributed by atoms with Gasteiger partial charge in [0.15, 0.2) is 5.15 Å². The summed E-state index contributed by atoms with van der Waals surface area (Å²) in [6.45, 7) is 2.88. The summed E-state index contributed by atoms with van der Waals surface area (Å²) in [4.78, 5) is 18.1. The quantitative estimate of drug-likeness (QED) is 0.901. The minimum absolute atomic E-state index is 0.379. The second kappa shape index (κ2) is 4.80. The number of fused-ring (bicyclic) bond motifs is 1. The first-order valence-corrected chi connectivity index (χ1v) is 7.13. The van der Waals surface area contributed by atoms with Crippen molar-refractivity contribution in [2.24, 2.45) is 0 Å². The number of aromatic nitrogens is 2. The Hall–Kier alpha value is -1.07. The lowest BCUT2D eigenvalue weighted by Crippen LogP contribution is -2.24. The molecule has 6 heteroatoms. The van der Waals surface area contributed by atoms with Crippen molar-refractivity contribution < 1.29 is 9.90 Å². The van der Waals surface area contributed by atoms with E-state index in [1.807, 2.05) is 0 Å². The number of carboxylic acids is 1. The maximum atomic E-state index is 11.3. The SMILES string of the molecule is CN1CCC(c2nc(Cl)c3n2CCCC3C(=O)O)C1. The van der Waals surface area contributed by atoms with Crippen molar-refractivity contribution in [1.82, 2.24) is 14.5 Å². The van der Waals surface area contributed by atoms with Crippen molar-refractivity contribution in [1.29, 1.82) is 0 Å². The molecule has 0 aliphatic carbocycles. The zero-order valence-corrected chi connectivity index (χ0v) is 11.7. The normalized spacial score (nSPS) is 27.5. The zero-order valence-electron chi connectivity index (χ0n) is 11.0. The van der Waals surface area contributed by atoms with E-state index in [-0.39, 0.29) is 0 Å². The molecule has 2 aliphatic rings. The van der Waals surface area contributed by atoms with Crippen molar-refractivity contribution in [2.45, 2.75) is 37.6 Å². The smallest absolute Gasteiger partial charge is 0.312 e. The fourth-order valence-corrected chi connectivity index (χ4v) is 3.63. The highest BCUT2D eigenvalue weighted by atomic mass is 35.5. The molecule has 1 N–H and O–H groups in total. The molecule has 2 aliphatic heterocycles. The number of rotatable bonds is 2. The second-order valence-corrected chi connectivity index (χ2v) is 5.94. The Kier molecular flexibility index (Phi) is 3.27. The Bertz CT molecular complexity index is 514. The van der Waals surface area contributed by atoms with Crippen LogP contribution in [0, 0.1) is 0 Å². The predicted molar refractivity (Wildman–Crippen MR) is 71.7 cm³/mol. The summed E-state index contributed by atoms with van der Waals surface area (Å²) in [5.74, 6) is 0.0681. The van der Waals surface area contributed by atoms with Crippen LogP contribution in [0.2, 0.25) is 5.15 Å². The third-order valence-corrected chi connectivity index (χ3v) is 4.53. The van der Waals surface area contributed by atoms with E-state index in [1.54, 1.807) is 0 Å². The monoisotopic (exact) mass is 283 g/mol. The van der Waals surface area contributed by atoms with Gasteiger partial charge in [-0.15, -0.1) is 0 Å². The van der Waals surface area contributed by atoms with Crippen LogP contribution in [0.15, 0.2) is 0 Å². The van der Waals surface area contributed by atoms with Crippen LogP contribution in [-0.4, -0.2) is 45.7 Å². The summed E-state index contributed by atoms with van der Waals surface area (Å²) < 4.78 is 2.06. The van der Waals surface area contributed by atoms with Crippen molar-refractivity contribution in [3.63, 3.8) is 0 Å². The number of imidazole rings is 1. The molecule has 1 fully saturated rings. The largest absolute Gasteiger partial charge is 0.481 e. The third kappa shape index (κ3) is 2.15. The molecule has 0 bridgehead atoms. The van der Waals surface area contributed by atoms with Gasteiger partial charge in [0.25, 0.3) is 0 Å². The third-order valence-electron chi connectivity index (χ3n) is 4.25. The molecule has 1 aromatic rings. The van der Waals surface area contributed by atoms with Crippen molar-refractivity contribution >= 4 is 17.6 Å². The van der Waals surface area contributed by atoms with Crippen molar-refractivity contribution in [2.75, 3.05) is 20.1 Å². The average molecular weight is 284 g/mol. The molecule has 3 rings (SSSR count). The number of carboxylic acid groups (broad SMARTS) is 1. The first-order valence-electron chi connectivity index (χ1n) is 6.75. The number of carbonyl (C=O) groups is 1. The molecular weight excluding hydrogens is 266 g/mol. The van der Waals surface area contributed by atoms with E-state index in [0.717, 1.165) is 38.3 Å². The number of nitrogens with zero attached hydrogens (tertiary/aromatic N) is 3. The van der Waals surface area contributed by atoms with Gasteiger partial charge in [-0.25, -0.2) is 4.98 Å². The maximum Gasteiger partial charge on any atom is 0.312 e. The van der Waals surface area contributed by atoms with Gasteiger partial charge in [-0.3, -0.25) is 4.79 Å². The zero-order chi connectivity index (χ0) is 13.6. The summed E-state index contributed by atoms with van der Waals surface area (Å²) in [5, 5.41) is 9.70. The fraction of sp³-hybridized carbons (Fsp3) is 0.692. The Morgan fingerprint density at radius 3 is 2.84 bits per heavy atom. The first-order chi connectivity index (χ1) is 9.08. The molecule has 3 heterocycles. The van der Waals surface area contributed by atoms with Crippen LogP contribution in [0.1, 0.15) is 42.6 Å². The van der Waals surface area contributed by atoms with E-state index in [9.17, 15) is 9.90 Å². The molecule has 0 aromatic carbocycles. The Balaban J connectivity index is 2.00. The van der Waals surface area contributed by atoms with Crippen molar-refractivity contribution in [3.05, 3.63) is 16.7 Å². The van der Waals surface area contributed by atoms with Gasteiger partial charge >= 0.3 is 5.97 Å². The molecule has 1 aromatic heterocycles. The van der Waals surface area contributed by atoms with E-state index < -0.39 is 11.9 Å². The van der Waals surface area contributed by atoms with Crippen LogP contribution >= 0.6 is 11.6 Å². The van der Waals surface area contributed by atoms with Gasteiger partial charge in [-0.05, 0) is 32.9 Å². The second-order valence-electron chi connectivity index (χ2n) is 5.58. The van der Waals surface area contributed by atoms with Crippen LogP contribution in [0.25, 0.3) is 0 Å². The number of halogens is 1. The van der Waals surface area contributed by atoms with Crippen LogP contribution in [-0.2, 0) is 11.3 Å². The molecule has 2 atom stereocenters. The Morgan fingerprint density at radius 2 is 2.21 bits per heavy atom. The highest BCUT2D eigenvalue weighted by Gasteiger charge is 2.35. The van der Waals surface area contributed by atoms with Crippen LogP contribution < -0.4 is 0 Å². The minimum atomic E-state index is -0.794. The number of aliphatic carboxylic acids is 1. The van der Waals surface area contributed by atoms with E-state index in [0.29, 0.717) is 23.2 Å². The lowest BCUT2D eigenvalue weighted by atomic mass is 9.96. The van der Waals surface area contributed by atoms with Crippen LogP contribution in [0.4, 0.5) is 0 Å². The van der Waals surface area contributed by atoms with E-state index in [1.165, 1.54) is 0 Å². The first kappa shape index (κ1) is 12.9. The maximum absolute atomic E-state index is 11.3. The Morgan fingerprint density at radius 1 is 1.42 bits per heavy atom. The lowest BCUT2D eigenvalue weighted by Gasteiger charge is -2.23. The van der Waals surface area contributed by atoms with Crippen LogP contribution in [0.3, 0.4) is 0 Å². The molecule has 19 heavy (non-hydrogen) atoms. The van der Waals surface area contributed by atoms with Gasteiger partial charge < -0.3 is 14.6 Å². The number of likely N-dealkylation sites (tertiary alicyclic amines) is 1. The van der Waals surface area contributed by atoms with Gasteiger partial charge in [0.1, 0.15) is 11.7 Å². The standard InChI is InChI=1S/C13H18ClN3O2/c1-16-6-4-8(7-16)12-15-11(14)10-9(13(18)19)3-2-5-17(10)12/h8-9H,2-7H2,1H3,(H,18,19). The number of hydrogen-bond acceptors (Lipinski definition) is 3.